The Kier molecular flexibility index (Phi) is 4.96. The van der Waals surface area contributed by atoms with Crippen LogP contribution in [0.3, 0.4) is 0 Å². The lowest BCUT2D eigenvalue weighted by molar-refractivity contribution is 0.140. The molecule has 2 rings (SSSR count). The lowest BCUT2D eigenvalue weighted by Gasteiger charge is -2.19. The molecule has 4 heteroatoms. The van der Waals surface area contributed by atoms with Crippen molar-refractivity contribution in [3.63, 3.8) is 0 Å². The summed E-state index contributed by atoms with van der Waals surface area (Å²) in [6, 6.07) is 11.1. The molecule has 0 saturated heterocycles. The summed E-state index contributed by atoms with van der Waals surface area (Å²) in [5, 5.41) is 24.6. The van der Waals surface area contributed by atoms with Crippen LogP contribution in [0.4, 0.5) is 0 Å². The summed E-state index contributed by atoms with van der Waals surface area (Å²) in [6.45, 7) is 2.79. The van der Waals surface area contributed by atoms with Crippen LogP contribution in [-0.4, -0.2) is 22.8 Å². The Labute approximate surface area is 117 Å². The van der Waals surface area contributed by atoms with E-state index in [1.807, 2.05) is 36.6 Å². The maximum absolute atomic E-state index is 10.1. The second kappa shape index (κ2) is 6.70. The van der Waals surface area contributed by atoms with Crippen LogP contribution in [0.2, 0.25) is 0 Å². The highest BCUT2D eigenvalue weighted by Crippen LogP contribution is 2.21. The fourth-order valence-electron chi connectivity index (χ4n) is 1.92. The molecule has 0 saturated carbocycles. The first kappa shape index (κ1) is 14.1. The second-order valence-electron chi connectivity index (χ2n) is 4.62. The van der Waals surface area contributed by atoms with Gasteiger partial charge in [-0.1, -0.05) is 18.2 Å². The third kappa shape index (κ3) is 4.06. The van der Waals surface area contributed by atoms with Crippen LogP contribution in [0.1, 0.15) is 23.5 Å². The molecule has 2 atom stereocenters. The number of hydrogen-bond acceptors (Lipinski definition) is 4. The van der Waals surface area contributed by atoms with E-state index < -0.39 is 6.10 Å². The number of aromatic hydroxyl groups is 1. The summed E-state index contributed by atoms with van der Waals surface area (Å²) in [5.41, 5.74) is 1.17. The lowest BCUT2D eigenvalue weighted by Crippen LogP contribution is -2.33. The van der Waals surface area contributed by atoms with Gasteiger partial charge in [-0.05, 0) is 49.0 Å². The molecule has 102 valence electrons. The van der Waals surface area contributed by atoms with Gasteiger partial charge in [0.25, 0.3) is 0 Å². The van der Waals surface area contributed by atoms with Gasteiger partial charge in [-0.3, -0.25) is 0 Å². The molecule has 2 aromatic rings. The first-order valence-electron chi connectivity index (χ1n) is 6.39. The summed E-state index contributed by atoms with van der Waals surface area (Å²) in [6.07, 6.45) is 0.418. The molecule has 3 N–H and O–H groups in total. The topological polar surface area (TPSA) is 52.5 Å². The molecule has 0 amide bonds. The minimum atomic E-state index is -0.459. The van der Waals surface area contributed by atoms with Crippen molar-refractivity contribution in [3.8, 4) is 5.75 Å². The van der Waals surface area contributed by atoms with Gasteiger partial charge in [-0.15, -0.1) is 11.3 Å². The third-order valence-electron chi connectivity index (χ3n) is 3.12. The smallest absolute Gasteiger partial charge is 0.115 e. The zero-order chi connectivity index (χ0) is 13.7. The van der Waals surface area contributed by atoms with Gasteiger partial charge in [0.1, 0.15) is 11.9 Å². The molecule has 19 heavy (non-hydrogen) atoms. The summed E-state index contributed by atoms with van der Waals surface area (Å²) >= 11 is 1.57. The highest BCUT2D eigenvalue weighted by molar-refractivity contribution is 7.10. The Balaban J connectivity index is 1.77. The third-order valence-corrected chi connectivity index (χ3v) is 4.07. The van der Waals surface area contributed by atoms with E-state index in [2.05, 4.69) is 5.32 Å². The van der Waals surface area contributed by atoms with Gasteiger partial charge in [0, 0.05) is 10.9 Å². The Hall–Kier alpha value is -1.36. The van der Waals surface area contributed by atoms with Gasteiger partial charge in [0.05, 0.1) is 0 Å². The van der Waals surface area contributed by atoms with Gasteiger partial charge < -0.3 is 15.5 Å². The van der Waals surface area contributed by atoms with Gasteiger partial charge in [0.15, 0.2) is 0 Å². The first-order valence-corrected chi connectivity index (χ1v) is 7.27. The molecule has 0 radical (unpaired) electrons. The highest BCUT2D eigenvalue weighted by atomic mass is 32.1. The number of thiophene rings is 1. The van der Waals surface area contributed by atoms with Crippen molar-refractivity contribution in [2.75, 3.05) is 6.54 Å². The van der Waals surface area contributed by atoms with Crippen molar-refractivity contribution in [3.05, 3.63) is 52.2 Å². The van der Waals surface area contributed by atoms with Crippen molar-refractivity contribution in [1.29, 1.82) is 0 Å². The second-order valence-corrected chi connectivity index (χ2v) is 5.60. The van der Waals surface area contributed by atoms with Crippen LogP contribution in [0, 0.1) is 0 Å². The maximum atomic E-state index is 10.1. The number of hydrogen-bond donors (Lipinski definition) is 3. The van der Waals surface area contributed by atoms with E-state index in [1.54, 1.807) is 23.5 Å². The van der Waals surface area contributed by atoms with Crippen LogP contribution in [-0.2, 0) is 6.42 Å². The van der Waals surface area contributed by atoms with Crippen LogP contribution in [0.5, 0.6) is 5.75 Å². The number of nitrogens with one attached hydrogen (secondary N) is 1. The van der Waals surface area contributed by atoms with Gasteiger partial charge >= 0.3 is 0 Å². The summed E-state index contributed by atoms with van der Waals surface area (Å²) < 4.78 is 0. The Morgan fingerprint density at radius 3 is 2.58 bits per heavy atom. The minimum absolute atomic E-state index is 0.0239. The van der Waals surface area contributed by atoms with Crippen LogP contribution < -0.4 is 5.32 Å². The molecular weight excluding hydrogens is 258 g/mol. The van der Waals surface area contributed by atoms with E-state index in [9.17, 15) is 10.2 Å². The summed E-state index contributed by atoms with van der Waals surface area (Å²) in [4.78, 5) is 0.990. The highest BCUT2D eigenvalue weighted by Gasteiger charge is 2.16. The number of aliphatic hydroxyl groups excluding tert-OH is 1. The van der Waals surface area contributed by atoms with Crippen molar-refractivity contribution in [2.45, 2.75) is 25.5 Å². The van der Waals surface area contributed by atoms with E-state index in [0.717, 1.165) is 17.8 Å². The monoisotopic (exact) mass is 277 g/mol. The largest absolute Gasteiger partial charge is 0.508 e. The summed E-state index contributed by atoms with van der Waals surface area (Å²) in [7, 11) is 0. The number of benzene rings is 1. The van der Waals surface area contributed by atoms with Crippen molar-refractivity contribution < 1.29 is 10.2 Å². The predicted octanol–water partition coefficient (Wildman–Crippen LogP) is 2.71. The molecular formula is C15H19NO2S. The van der Waals surface area contributed by atoms with Crippen LogP contribution in [0.15, 0.2) is 41.8 Å². The van der Waals surface area contributed by atoms with Crippen LogP contribution >= 0.6 is 11.3 Å². The zero-order valence-corrected chi connectivity index (χ0v) is 11.7. The molecule has 3 nitrogen and oxygen atoms in total. The first-order chi connectivity index (χ1) is 9.16. The van der Waals surface area contributed by atoms with Gasteiger partial charge in [0.2, 0.25) is 0 Å². The van der Waals surface area contributed by atoms with Crippen molar-refractivity contribution in [1.82, 2.24) is 5.32 Å². The molecule has 0 aliphatic rings. The molecule has 1 heterocycles. The SMILES string of the molecule is CC(NCCc1ccc(O)cc1)C(O)c1cccs1. The number of phenolic OH excluding ortho intramolecular Hbond substituents is 1. The van der Waals surface area contributed by atoms with Gasteiger partial charge in [-0.25, -0.2) is 0 Å². The zero-order valence-electron chi connectivity index (χ0n) is 10.9. The lowest BCUT2D eigenvalue weighted by atomic mass is 10.1. The molecule has 0 spiro atoms. The number of aliphatic hydroxyl groups is 1. The van der Waals surface area contributed by atoms with E-state index in [1.165, 1.54) is 5.56 Å². The Bertz CT molecular complexity index is 481. The molecule has 0 aliphatic carbocycles. The quantitative estimate of drug-likeness (QED) is 0.761. The molecule has 1 aromatic heterocycles. The average molecular weight is 277 g/mol. The van der Waals surface area contributed by atoms with E-state index >= 15 is 0 Å². The van der Waals surface area contributed by atoms with E-state index in [-0.39, 0.29) is 11.8 Å². The van der Waals surface area contributed by atoms with Crippen molar-refractivity contribution in [2.24, 2.45) is 0 Å². The minimum Gasteiger partial charge on any atom is -0.508 e. The Morgan fingerprint density at radius 1 is 1.21 bits per heavy atom. The predicted molar refractivity (Wildman–Crippen MR) is 78.6 cm³/mol. The fraction of sp³-hybridized carbons (Fsp3) is 0.333. The molecule has 1 aromatic carbocycles. The van der Waals surface area contributed by atoms with E-state index in [0.29, 0.717) is 0 Å². The Morgan fingerprint density at radius 2 is 1.95 bits per heavy atom. The van der Waals surface area contributed by atoms with Gasteiger partial charge in [-0.2, -0.15) is 0 Å². The molecule has 0 bridgehead atoms. The molecule has 2 unspecified atom stereocenters. The standard InChI is InChI=1S/C15H19NO2S/c1-11(15(18)14-3-2-10-19-14)16-9-8-12-4-6-13(17)7-5-12/h2-7,10-11,15-18H,8-9H2,1H3. The molecule has 0 aliphatic heterocycles. The van der Waals surface area contributed by atoms with E-state index in [4.69, 9.17) is 0 Å². The normalized spacial score (nSPS) is 14.2. The maximum Gasteiger partial charge on any atom is 0.115 e. The van der Waals surface area contributed by atoms with Crippen LogP contribution in [0.25, 0.3) is 0 Å². The summed E-state index contributed by atoms with van der Waals surface area (Å²) in [5.74, 6) is 0.290. The number of rotatable bonds is 6. The average Bonchev–Trinajstić information content (AvgIpc) is 2.94. The fourth-order valence-corrected chi connectivity index (χ4v) is 2.74. The molecule has 0 fully saturated rings. The number of phenols is 1. The van der Waals surface area contributed by atoms with Crippen molar-refractivity contribution >= 4 is 11.3 Å².